The van der Waals surface area contributed by atoms with Gasteiger partial charge in [0.05, 0.1) is 16.1 Å². The number of amides is 2. The van der Waals surface area contributed by atoms with Gasteiger partial charge >= 0.3 is 6.18 Å². The van der Waals surface area contributed by atoms with Crippen LogP contribution in [-0.4, -0.2) is 23.3 Å². The number of ether oxygens (including phenoxy) is 1. The van der Waals surface area contributed by atoms with Crippen LogP contribution in [0.15, 0.2) is 54.7 Å². The Morgan fingerprint density at radius 3 is 2.52 bits per heavy atom. The Morgan fingerprint density at radius 2 is 1.82 bits per heavy atom. The maximum absolute atomic E-state index is 14.1. The Balaban J connectivity index is 1.65. The van der Waals surface area contributed by atoms with Crippen LogP contribution in [0.25, 0.3) is 0 Å². The second kappa shape index (κ2) is 9.86. The van der Waals surface area contributed by atoms with Crippen molar-refractivity contribution < 1.29 is 31.9 Å². The van der Waals surface area contributed by atoms with Crippen molar-refractivity contribution in [2.24, 2.45) is 5.73 Å². The molecule has 0 spiro atoms. The number of nitrogens with zero attached hydrogens (tertiary/aromatic N) is 1. The monoisotopic (exact) mass is 481 g/mol. The summed E-state index contributed by atoms with van der Waals surface area (Å²) in [5.41, 5.74) is 3.93. The number of pyridine rings is 1. The molecular formula is C22H16ClF4N3O3. The van der Waals surface area contributed by atoms with E-state index in [0.717, 1.165) is 5.56 Å². The third-order valence-corrected chi connectivity index (χ3v) is 4.69. The zero-order chi connectivity index (χ0) is 24.2. The average molecular weight is 482 g/mol. The molecule has 0 saturated carbocycles. The predicted molar refractivity (Wildman–Crippen MR) is 112 cm³/mol. The van der Waals surface area contributed by atoms with Gasteiger partial charge in [-0.05, 0) is 42.3 Å². The van der Waals surface area contributed by atoms with E-state index in [1.807, 2.05) is 0 Å². The number of primary amides is 1. The Bertz CT molecular complexity index is 1200. The lowest BCUT2D eigenvalue weighted by atomic mass is 10.1. The van der Waals surface area contributed by atoms with Crippen LogP contribution in [0, 0.1) is 5.82 Å². The minimum Gasteiger partial charge on any atom is -0.457 e. The fraction of sp³-hybridized carbons (Fsp3) is 0.136. The van der Waals surface area contributed by atoms with Crippen LogP contribution in [0.4, 0.5) is 17.6 Å². The lowest BCUT2D eigenvalue weighted by Gasteiger charge is -2.12. The van der Waals surface area contributed by atoms with Crippen molar-refractivity contribution in [3.8, 4) is 11.5 Å². The third kappa shape index (κ3) is 6.19. The van der Waals surface area contributed by atoms with Gasteiger partial charge in [-0.2, -0.15) is 13.2 Å². The highest BCUT2D eigenvalue weighted by Gasteiger charge is 2.33. The van der Waals surface area contributed by atoms with Gasteiger partial charge in [0.1, 0.15) is 17.2 Å². The zero-order valence-corrected chi connectivity index (χ0v) is 17.5. The number of alkyl halides is 3. The molecule has 0 radical (unpaired) electrons. The lowest BCUT2D eigenvalue weighted by molar-refractivity contribution is -0.137. The molecule has 0 aliphatic rings. The van der Waals surface area contributed by atoms with Crippen LogP contribution >= 0.6 is 11.6 Å². The number of nitrogens with one attached hydrogen (secondary N) is 1. The molecular weight excluding hydrogens is 466 g/mol. The summed E-state index contributed by atoms with van der Waals surface area (Å²) in [6.45, 7) is 0.0106. The van der Waals surface area contributed by atoms with E-state index in [1.165, 1.54) is 18.3 Å². The molecule has 0 fully saturated rings. The minimum atomic E-state index is -4.78. The predicted octanol–water partition coefficient (Wildman–Crippen LogP) is 4.76. The molecule has 1 heterocycles. The summed E-state index contributed by atoms with van der Waals surface area (Å²) in [5.74, 6) is -2.20. The minimum absolute atomic E-state index is 0.0106. The number of benzene rings is 2. The van der Waals surface area contributed by atoms with E-state index in [-0.39, 0.29) is 18.7 Å². The topological polar surface area (TPSA) is 94.3 Å². The molecule has 2 aromatic carbocycles. The highest BCUT2D eigenvalue weighted by Crippen LogP contribution is 2.33. The second-order valence-electron chi connectivity index (χ2n) is 6.81. The van der Waals surface area contributed by atoms with Crippen LogP contribution in [0.2, 0.25) is 5.02 Å². The maximum Gasteiger partial charge on any atom is 0.416 e. The van der Waals surface area contributed by atoms with E-state index in [2.05, 4.69) is 10.3 Å². The fourth-order valence-electron chi connectivity index (χ4n) is 2.84. The van der Waals surface area contributed by atoms with Crippen molar-refractivity contribution in [2.45, 2.75) is 12.6 Å². The van der Waals surface area contributed by atoms with Gasteiger partial charge in [-0.25, -0.2) is 4.39 Å². The molecule has 3 N–H and O–H groups in total. The van der Waals surface area contributed by atoms with Gasteiger partial charge in [-0.3, -0.25) is 14.6 Å². The van der Waals surface area contributed by atoms with Crippen molar-refractivity contribution in [1.29, 1.82) is 0 Å². The highest BCUT2D eigenvalue weighted by atomic mass is 35.5. The van der Waals surface area contributed by atoms with Crippen molar-refractivity contribution in [3.63, 3.8) is 0 Å². The number of aromatic nitrogens is 1. The van der Waals surface area contributed by atoms with Crippen LogP contribution in [0.1, 0.15) is 32.0 Å². The Kier molecular flexibility index (Phi) is 7.17. The molecule has 3 aromatic rings. The van der Waals surface area contributed by atoms with Gasteiger partial charge in [0.25, 0.3) is 11.8 Å². The molecule has 6 nitrogen and oxygen atoms in total. The highest BCUT2D eigenvalue weighted by molar-refractivity contribution is 6.31. The molecule has 0 atom stereocenters. The first-order valence-electron chi connectivity index (χ1n) is 9.41. The Labute approximate surface area is 190 Å². The molecule has 0 bridgehead atoms. The molecule has 1 aromatic heterocycles. The molecule has 3 rings (SSSR count). The fourth-order valence-corrected chi connectivity index (χ4v) is 3.06. The molecule has 0 aliphatic heterocycles. The summed E-state index contributed by atoms with van der Waals surface area (Å²) in [5, 5.41) is 1.58. The van der Waals surface area contributed by atoms with E-state index in [0.29, 0.717) is 23.6 Å². The molecule has 11 heteroatoms. The quantitative estimate of drug-likeness (QED) is 0.476. The summed E-state index contributed by atoms with van der Waals surface area (Å²) in [7, 11) is 0. The van der Waals surface area contributed by atoms with Crippen molar-refractivity contribution >= 4 is 23.4 Å². The molecule has 2 amide bonds. The standard InChI is InChI=1S/C22H16ClF4N3O3/c23-17-10-13(22(25,26)27)9-16(19(17)24)21(32)30-6-4-12-2-1-3-14(8-12)33-15-5-7-29-18(11-15)20(28)31/h1-3,5,7-11H,4,6H2,(H2,28,31)(H,30,32). The van der Waals surface area contributed by atoms with E-state index < -0.39 is 40.0 Å². The van der Waals surface area contributed by atoms with Crippen LogP contribution in [-0.2, 0) is 12.6 Å². The number of carbonyl (C=O) groups is 2. The zero-order valence-electron chi connectivity index (χ0n) is 16.7. The SMILES string of the molecule is NC(=O)c1cc(Oc2cccc(CCNC(=O)c3cc(C(F)(F)F)cc(Cl)c3F)c2)ccn1. The molecule has 33 heavy (non-hydrogen) atoms. The number of nitrogens with two attached hydrogens (primary N) is 1. The normalized spacial score (nSPS) is 11.2. The molecule has 0 unspecified atom stereocenters. The third-order valence-electron chi connectivity index (χ3n) is 4.42. The van der Waals surface area contributed by atoms with Gasteiger partial charge in [0.2, 0.25) is 0 Å². The van der Waals surface area contributed by atoms with Crippen molar-refractivity contribution in [1.82, 2.24) is 10.3 Å². The smallest absolute Gasteiger partial charge is 0.416 e. The number of carbonyl (C=O) groups excluding carboxylic acids is 2. The second-order valence-corrected chi connectivity index (χ2v) is 7.22. The van der Waals surface area contributed by atoms with Crippen LogP contribution in [0.5, 0.6) is 11.5 Å². The van der Waals surface area contributed by atoms with Gasteiger partial charge in [-0.15, -0.1) is 0 Å². The molecule has 0 saturated heterocycles. The number of rotatable bonds is 7. The average Bonchev–Trinajstić information content (AvgIpc) is 2.75. The van der Waals surface area contributed by atoms with Crippen LogP contribution < -0.4 is 15.8 Å². The Morgan fingerprint density at radius 1 is 1.09 bits per heavy atom. The first-order valence-corrected chi connectivity index (χ1v) is 9.79. The lowest BCUT2D eigenvalue weighted by Crippen LogP contribution is -2.27. The van der Waals surface area contributed by atoms with Gasteiger partial charge in [0, 0.05) is 18.8 Å². The van der Waals surface area contributed by atoms with Crippen molar-refractivity contribution in [3.05, 3.63) is 88.0 Å². The summed E-state index contributed by atoms with van der Waals surface area (Å²) >= 11 is 5.51. The largest absolute Gasteiger partial charge is 0.457 e. The number of hydrogen-bond donors (Lipinski definition) is 2. The van der Waals surface area contributed by atoms with Crippen molar-refractivity contribution in [2.75, 3.05) is 6.54 Å². The van der Waals surface area contributed by atoms with E-state index in [9.17, 15) is 27.2 Å². The van der Waals surface area contributed by atoms with Crippen LogP contribution in [0.3, 0.4) is 0 Å². The van der Waals surface area contributed by atoms with E-state index in [1.54, 1.807) is 24.3 Å². The maximum atomic E-state index is 14.1. The number of halogens is 5. The molecule has 172 valence electrons. The van der Waals surface area contributed by atoms with E-state index in [4.69, 9.17) is 22.1 Å². The number of hydrogen-bond acceptors (Lipinski definition) is 4. The first-order chi connectivity index (χ1) is 15.5. The summed E-state index contributed by atoms with van der Waals surface area (Å²) in [4.78, 5) is 27.3. The first kappa shape index (κ1) is 24.0. The van der Waals surface area contributed by atoms with Gasteiger partial charge in [-0.1, -0.05) is 23.7 Å². The summed E-state index contributed by atoms with van der Waals surface area (Å²) < 4.78 is 58.5. The van der Waals surface area contributed by atoms with Gasteiger partial charge in [0.15, 0.2) is 5.82 Å². The summed E-state index contributed by atoms with van der Waals surface area (Å²) in [6, 6.07) is 10.5. The molecule has 0 aliphatic carbocycles. The van der Waals surface area contributed by atoms with Gasteiger partial charge < -0.3 is 15.8 Å². The Hall–Kier alpha value is -3.66. The summed E-state index contributed by atoms with van der Waals surface area (Å²) in [6.07, 6.45) is -3.13. The van der Waals surface area contributed by atoms with E-state index >= 15 is 0 Å².